The Morgan fingerprint density at radius 1 is 0.971 bits per heavy atom. The Labute approximate surface area is 193 Å². The van der Waals surface area contributed by atoms with E-state index in [1.807, 2.05) is 0 Å². The third-order valence-electron chi connectivity index (χ3n) is 3.82. The Bertz CT molecular complexity index is 814. The fourth-order valence-corrected chi connectivity index (χ4v) is 2.17. The van der Waals surface area contributed by atoms with Crippen LogP contribution < -0.4 is 5.32 Å². The zero-order chi connectivity index (χ0) is 27.2. The van der Waals surface area contributed by atoms with Crippen molar-refractivity contribution in [3.63, 3.8) is 0 Å². The van der Waals surface area contributed by atoms with Crippen LogP contribution in [0.4, 0.5) is 32.0 Å². The lowest BCUT2D eigenvalue weighted by Crippen LogP contribution is -2.33. The van der Waals surface area contributed by atoms with E-state index in [-0.39, 0.29) is 24.8 Å². The number of nitro benzene ring substituents is 1. The second-order valence-electron chi connectivity index (χ2n) is 6.57. The molecule has 1 saturated heterocycles. The number of carbonyl (C=O) groups is 3. The number of hydrogen-bond acceptors (Lipinski definition) is 8. The van der Waals surface area contributed by atoms with Gasteiger partial charge in [0.05, 0.1) is 11.5 Å². The minimum Gasteiger partial charge on any atom is -0.475 e. The molecule has 1 aromatic rings. The van der Waals surface area contributed by atoms with Crippen LogP contribution in [-0.2, 0) is 25.7 Å². The molecule has 35 heavy (non-hydrogen) atoms. The van der Waals surface area contributed by atoms with Crippen LogP contribution in [0.15, 0.2) is 24.3 Å². The maximum atomic E-state index is 11.8. The molecular formula is C18H21F6N3O8. The summed E-state index contributed by atoms with van der Waals surface area (Å²) in [5.41, 5.74) is 0.772. The number of nitrogens with one attached hydrogen (secondary N) is 1. The van der Waals surface area contributed by atoms with Gasteiger partial charge in [0.2, 0.25) is 0 Å². The normalized spacial score (nSPS) is 14.2. The Balaban J connectivity index is 0.000000680. The topological polar surface area (TPSA) is 159 Å². The Hall–Kier alpha value is -3.47. The van der Waals surface area contributed by atoms with Crippen LogP contribution in [0.1, 0.15) is 12.0 Å². The molecule has 1 heterocycles. The zero-order valence-electron chi connectivity index (χ0n) is 17.8. The summed E-state index contributed by atoms with van der Waals surface area (Å²) in [5, 5.41) is 28.1. The van der Waals surface area contributed by atoms with Crippen molar-refractivity contribution < 1.29 is 60.6 Å². The van der Waals surface area contributed by atoms with Crippen molar-refractivity contribution in [2.45, 2.75) is 25.4 Å². The van der Waals surface area contributed by atoms with Gasteiger partial charge in [0.15, 0.2) is 0 Å². The number of carbonyl (C=O) groups excluding carboxylic acids is 1. The smallest absolute Gasteiger partial charge is 0.475 e. The molecule has 1 fully saturated rings. The van der Waals surface area contributed by atoms with Gasteiger partial charge in [0, 0.05) is 25.2 Å². The van der Waals surface area contributed by atoms with Crippen LogP contribution in [0.3, 0.4) is 0 Å². The van der Waals surface area contributed by atoms with E-state index < -0.39 is 29.2 Å². The van der Waals surface area contributed by atoms with Crippen LogP contribution >= 0.6 is 0 Å². The van der Waals surface area contributed by atoms with E-state index >= 15 is 0 Å². The molecule has 0 atom stereocenters. The maximum absolute atomic E-state index is 11.8. The average molecular weight is 521 g/mol. The fraction of sp³-hybridized carbons (Fsp3) is 0.500. The van der Waals surface area contributed by atoms with E-state index in [2.05, 4.69) is 10.2 Å². The lowest BCUT2D eigenvalue weighted by atomic mass is 10.2. The largest absolute Gasteiger partial charge is 0.490 e. The highest BCUT2D eigenvalue weighted by Gasteiger charge is 2.38. The minimum atomic E-state index is -5.08. The molecule has 2 rings (SSSR count). The first-order chi connectivity index (χ1) is 16.0. The SMILES string of the molecule is O=C(CN1CCCNCC1)OCc1ccc([N+](=O)[O-])cc1.O=C(O)C(F)(F)F.O=C(O)C(F)(F)F. The summed E-state index contributed by atoms with van der Waals surface area (Å²) in [6.45, 7) is 4.02. The van der Waals surface area contributed by atoms with Gasteiger partial charge in [-0.1, -0.05) is 0 Å². The van der Waals surface area contributed by atoms with Gasteiger partial charge in [-0.05, 0) is 37.2 Å². The van der Waals surface area contributed by atoms with E-state index in [9.17, 15) is 41.3 Å². The number of carboxylic acids is 2. The molecule has 0 aliphatic carbocycles. The quantitative estimate of drug-likeness (QED) is 0.227. The lowest BCUT2D eigenvalue weighted by Gasteiger charge is -2.18. The molecule has 1 aliphatic heterocycles. The van der Waals surface area contributed by atoms with Crippen LogP contribution in [-0.4, -0.2) is 83.0 Å². The Kier molecular flexibility index (Phi) is 13.3. The molecule has 0 unspecified atom stereocenters. The first-order valence-corrected chi connectivity index (χ1v) is 9.46. The van der Waals surface area contributed by atoms with Gasteiger partial charge in [0.1, 0.15) is 6.61 Å². The number of ether oxygens (including phenoxy) is 1. The van der Waals surface area contributed by atoms with Gasteiger partial charge in [-0.2, -0.15) is 26.3 Å². The standard InChI is InChI=1S/C14H19N3O4.2C2HF3O2/c18-14(10-16-8-1-6-15-7-9-16)21-11-12-2-4-13(5-3-12)17(19)20;2*3-2(4,5)1(6)7/h2-5,15H,1,6-11H2;2*(H,6,7). The molecule has 0 amide bonds. The van der Waals surface area contributed by atoms with Crippen molar-refractivity contribution in [2.24, 2.45) is 0 Å². The van der Waals surface area contributed by atoms with Gasteiger partial charge < -0.3 is 20.3 Å². The average Bonchev–Trinajstić information content (AvgIpc) is 3.00. The fourth-order valence-electron chi connectivity index (χ4n) is 2.17. The molecule has 1 aliphatic rings. The van der Waals surface area contributed by atoms with Crippen molar-refractivity contribution in [3.8, 4) is 0 Å². The second-order valence-corrected chi connectivity index (χ2v) is 6.57. The van der Waals surface area contributed by atoms with Crippen molar-refractivity contribution >= 4 is 23.6 Å². The number of halogens is 6. The van der Waals surface area contributed by atoms with Crippen LogP contribution in [0.2, 0.25) is 0 Å². The van der Waals surface area contributed by atoms with Crippen molar-refractivity contribution in [1.82, 2.24) is 10.2 Å². The second kappa shape index (κ2) is 14.7. The van der Waals surface area contributed by atoms with Gasteiger partial charge in [-0.3, -0.25) is 19.8 Å². The molecule has 1 aromatic carbocycles. The van der Waals surface area contributed by atoms with Crippen molar-refractivity contribution in [1.29, 1.82) is 0 Å². The summed E-state index contributed by atoms with van der Waals surface area (Å²) in [6, 6.07) is 6.01. The number of benzene rings is 1. The lowest BCUT2D eigenvalue weighted by molar-refractivity contribution is -0.384. The maximum Gasteiger partial charge on any atom is 0.490 e. The van der Waals surface area contributed by atoms with Gasteiger partial charge >= 0.3 is 30.3 Å². The first-order valence-electron chi connectivity index (χ1n) is 9.46. The number of non-ortho nitro benzene ring substituents is 1. The van der Waals surface area contributed by atoms with Crippen molar-refractivity contribution in [2.75, 3.05) is 32.7 Å². The molecule has 198 valence electrons. The Morgan fingerprint density at radius 2 is 1.46 bits per heavy atom. The predicted molar refractivity (Wildman–Crippen MR) is 104 cm³/mol. The van der Waals surface area contributed by atoms with Gasteiger partial charge in [-0.15, -0.1) is 0 Å². The first kappa shape index (κ1) is 31.5. The summed E-state index contributed by atoms with van der Waals surface area (Å²) < 4.78 is 68.7. The minimum absolute atomic E-state index is 0.0298. The number of hydrogen-bond donors (Lipinski definition) is 3. The number of aliphatic carboxylic acids is 2. The number of nitrogens with zero attached hydrogens (tertiary/aromatic N) is 2. The molecule has 0 saturated carbocycles. The van der Waals surface area contributed by atoms with Crippen LogP contribution in [0.25, 0.3) is 0 Å². The van der Waals surface area contributed by atoms with E-state index in [4.69, 9.17) is 24.5 Å². The molecule has 0 radical (unpaired) electrons. The number of carboxylic acid groups (broad SMARTS) is 2. The van der Waals surface area contributed by atoms with E-state index in [0.29, 0.717) is 0 Å². The van der Waals surface area contributed by atoms with E-state index in [0.717, 1.165) is 38.2 Å². The highest BCUT2D eigenvalue weighted by Crippen LogP contribution is 2.14. The van der Waals surface area contributed by atoms with E-state index in [1.54, 1.807) is 12.1 Å². The molecule has 17 heteroatoms. The Morgan fingerprint density at radius 3 is 1.89 bits per heavy atom. The monoisotopic (exact) mass is 521 g/mol. The molecule has 3 N–H and O–H groups in total. The third kappa shape index (κ3) is 15.1. The van der Waals surface area contributed by atoms with Crippen LogP contribution in [0.5, 0.6) is 0 Å². The predicted octanol–water partition coefficient (Wildman–Crippen LogP) is 2.20. The van der Waals surface area contributed by atoms with E-state index in [1.165, 1.54) is 12.1 Å². The third-order valence-corrected chi connectivity index (χ3v) is 3.82. The number of alkyl halides is 6. The molecule has 0 bridgehead atoms. The summed E-state index contributed by atoms with van der Waals surface area (Å²) >= 11 is 0. The number of nitro groups is 1. The highest BCUT2D eigenvalue weighted by molar-refractivity contribution is 5.73. The van der Waals surface area contributed by atoms with Crippen LogP contribution in [0, 0.1) is 10.1 Å². The van der Waals surface area contributed by atoms with Gasteiger partial charge in [-0.25, -0.2) is 9.59 Å². The molecule has 0 aromatic heterocycles. The van der Waals surface area contributed by atoms with Crippen molar-refractivity contribution in [3.05, 3.63) is 39.9 Å². The zero-order valence-corrected chi connectivity index (χ0v) is 17.8. The summed E-state index contributed by atoms with van der Waals surface area (Å²) in [5.74, 6) is -5.78. The van der Waals surface area contributed by atoms with Gasteiger partial charge in [0.25, 0.3) is 5.69 Å². The molecule has 0 spiro atoms. The molecule has 11 nitrogen and oxygen atoms in total. The summed E-state index contributed by atoms with van der Waals surface area (Å²) in [7, 11) is 0. The number of esters is 1. The highest BCUT2D eigenvalue weighted by atomic mass is 19.4. The summed E-state index contributed by atoms with van der Waals surface area (Å²) in [6.07, 6.45) is -9.14. The molecular weight excluding hydrogens is 500 g/mol. The number of rotatable bonds is 5. The summed E-state index contributed by atoms with van der Waals surface area (Å²) in [4.78, 5) is 41.7.